The fourth-order valence-electron chi connectivity index (χ4n) is 0.866. The van der Waals surface area contributed by atoms with Crippen molar-refractivity contribution in [1.29, 1.82) is 0 Å². The van der Waals surface area contributed by atoms with E-state index in [0.717, 1.165) is 0 Å². The number of carbonyl (C=O) groups is 1. The number of aromatic amines is 1. The van der Waals surface area contributed by atoms with E-state index in [1.807, 2.05) is 13.8 Å². The quantitative estimate of drug-likeness (QED) is 0.848. The zero-order valence-corrected chi connectivity index (χ0v) is 9.66. The first-order valence-corrected chi connectivity index (χ1v) is 5.02. The second-order valence-electron chi connectivity index (χ2n) is 2.97. The molecule has 2 N–H and O–H groups in total. The van der Waals surface area contributed by atoms with Gasteiger partial charge in [0.15, 0.2) is 0 Å². The van der Waals surface area contributed by atoms with E-state index in [9.17, 15) is 4.79 Å². The molecular formula is C8H10BrClN2O. The number of amides is 1. The van der Waals surface area contributed by atoms with Crippen molar-refractivity contribution < 1.29 is 4.79 Å². The van der Waals surface area contributed by atoms with Gasteiger partial charge < -0.3 is 10.3 Å². The van der Waals surface area contributed by atoms with Crippen LogP contribution in [0.2, 0.25) is 5.15 Å². The van der Waals surface area contributed by atoms with Crippen LogP contribution in [0, 0.1) is 0 Å². The van der Waals surface area contributed by atoms with Gasteiger partial charge in [0, 0.05) is 6.04 Å². The fraction of sp³-hybridized carbons (Fsp3) is 0.375. The Morgan fingerprint density at radius 3 is 2.69 bits per heavy atom. The molecule has 0 radical (unpaired) electrons. The van der Waals surface area contributed by atoms with Gasteiger partial charge in [0.25, 0.3) is 5.91 Å². The number of H-pyrrole nitrogens is 1. The van der Waals surface area contributed by atoms with E-state index in [2.05, 4.69) is 26.2 Å². The third kappa shape index (κ3) is 2.74. The first-order valence-electron chi connectivity index (χ1n) is 3.85. The molecule has 0 atom stereocenters. The summed E-state index contributed by atoms with van der Waals surface area (Å²) >= 11 is 8.93. The molecular weight excluding hydrogens is 255 g/mol. The largest absolute Gasteiger partial charge is 0.349 e. The van der Waals surface area contributed by atoms with E-state index in [-0.39, 0.29) is 11.9 Å². The lowest BCUT2D eigenvalue weighted by Crippen LogP contribution is -2.30. The molecule has 1 aromatic rings. The van der Waals surface area contributed by atoms with Crippen molar-refractivity contribution >= 4 is 33.4 Å². The molecule has 0 fully saturated rings. The van der Waals surface area contributed by atoms with Crippen LogP contribution in [0.5, 0.6) is 0 Å². The maximum absolute atomic E-state index is 11.4. The van der Waals surface area contributed by atoms with E-state index in [4.69, 9.17) is 11.6 Å². The average Bonchev–Trinajstić information content (AvgIpc) is 2.31. The molecule has 0 bridgehead atoms. The number of carbonyl (C=O) groups excluding carboxylic acids is 1. The Bertz CT molecular complexity index is 302. The second-order valence-corrected chi connectivity index (χ2v) is 4.21. The summed E-state index contributed by atoms with van der Waals surface area (Å²) in [6.45, 7) is 3.80. The molecule has 0 aliphatic heterocycles. The number of halogens is 2. The molecule has 3 nitrogen and oxygen atoms in total. The van der Waals surface area contributed by atoms with Crippen LogP contribution >= 0.6 is 27.5 Å². The number of hydrogen-bond donors (Lipinski definition) is 2. The summed E-state index contributed by atoms with van der Waals surface area (Å²) in [5, 5.41) is 3.19. The molecule has 0 saturated heterocycles. The molecule has 13 heavy (non-hydrogen) atoms. The Kier molecular flexibility index (Phi) is 3.39. The van der Waals surface area contributed by atoms with E-state index >= 15 is 0 Å². The van der Waals surface area contributed by atoms with Gasteiger partial charge in [-0.3, -0.25) is 4.79 Å². The third-order valence-electron chi connectivity index (χ3n) is 1.39. The highest BCUT2D eigenvalue weighted by atomic mass is 79.9. The molecule has 5 heteroatoms. The topological polar surface area (TPSA) is 44.9 Å². The van der Waals surface area contributed by atoms with Crippen molar-refractivity contribution in [2.24, 2.45) is 0 Å². The SMILES string of the molecule is CC(C)NC(=O)c1cc(Br)c(Cl)[nH]1. The molecule has 1 rings (SSSR count). The smallest absolute Gasteiger partial charge is 0.267 e. The lowest BCUT2D eigenvalue weighted by Gasteiger charge is -2.05. The summed E-state index contributed by atoms with van der Waals surface area (Å²) in [7, 11) is 0. The average molecular weight is 266 g/mol. The van der Waals surface area contributed by atoms with Crippen molar-refractivity contribution in [2.75, 3.05) is 0 Å². The molecule has 0 aliphatic rings. The molecule has 1 heterocycles. The zero-order valence-electron chi connectivity index (χ0n) is 7.32. The van der Waals surface area contributed by atoms with Crippen molar-refractivity contribution in [3.8, 4) is 0 Å². The predicted octanol–water partition coefficient (Wildman–Crippen LogP) is 2.57. The summed E-state index contributed by atoms with van der Waals surface area (Å²) in [5.74, 6) is -0.150. The van der Waals surface area contributed by atoms with Crippen LogP contribution < -0.4 is 5.32 Å². The van der Waals surface area contributed by atoms with Crippen LogP contribution in [-0.2, 0) is 0 Å². The normalized spacial score (nSPS) is 10.5. The molecule has 1 aromatic heterocycles. The Hall–Kier alpha value is -0.480. The zero-order chi connectivity index (χ0) is 10.0. The van der Waals surface area contributed by atoms with Gasteiger partial charge in [-0.25, -0.2) is 0 Å². The molecule has 0 unspecified atom stereocenters. The highest BCUT2D eigenvalue weighted by molar-refractivity contribution is 9.10. The minimum atomic E-state index is -0.150. The maximum atomic E-state index is 11.4. The van der Waals surface area contributed by atoms with Gasteiger partial charge in [-0.2, -0.15) is 0 Å². The summed E-state index contributed by atoms with van der Waals surface area (Å²) in [5.41, 5.74) is 0.463. The Balaban J connectivity index is 2.77. The van der Waals surface area contributed by atoms with Crippen LogP contribution in [0.25, 0.3) is 0 Å². The van der Waals surface area contributed by atoms with Gasteiger partial charge in [-0.1, -0.05) is 11.6 Å². The Labute approximate surface area is 90.0 Å². The molecule has 0 aliphatic carbocycles. The van der Waals surface area contributed by atoms with E-state index in [1.165, 1.54) is 0 Å². The maximum Gasteiger partial charge on any atom is 0.267 e. The molecule has 0 saturated carbocycles. The minimum absolute atomic E-state index is 0.119. The molecule has 0 spiro atoms. The fourth-order valence-corrected chi connectivity index (χ4v) is 1.35. The van der Waals surface area contributed by atoms with E-state index in [1.54, 1.807) is 6.07 Å². The van der Waals surface area contributed by atoms with Crippen molar-refractivity contribution in [2.45, 2.75) is 19.9 Å². The Morgan fingerprint density at radius 1 is 1.69 bits per heavy atom. The van der Waals surface area contributed by atoms with Crippen LogP contribution in [0.3, 0.4) is 0 Å². The standard InChI is InChI=1S/C8H10BrClN2O/c1-4(2)11-8(13)6-3-5(9)7(10)12-6/h3-4,12H,1-2H3,(H,11,13). The van der Waals surface area contributed by atoms with Gasteiger partial charge >= 0.3 is 0 Å². The van der Waals surface area contributed by atoms with Crippen LogP contribution in [0.15, 0.2) is 10.5 Å². The van der Waals surface area contributed by atoms with Crippen LogP contribution in [0.4, 0.5) is 0 Å². The highest BCUT2D eigenvalue weighted by Gasteiger charge is 2.11. The van der Waals surface area contributed by atoms with Gasteiger partial charge in [0.2, 0.25) is 0 Å². The van der Waals surface area contributed by atoms with Gasteiger partial charge in [0.1, 0.15) is 10.8 Å². The van der Waals surface area contributed by atoms with E-state index < -0.39 is 0 Å². The first-order chi connectivity index (χ1) is 6.00. The molecule has 0 aromatic carbocycles. The van der Waals surface area contributed by atoms with Crippen LogP contribution in [-0.4, -0.2) is 16.9 Å². The predicted molar refractivity (Wildman–Crippen MR) is 56.1 cm³/mol. The number of rotatable bonds is 2. The van der Waals surface area contributed by atoms with Gasteiger partial charge in [-0.15, -0.1) is 0 Å². The number of hydrogen-bond acceptors (Lipinski definition) is 1. The van der Waals surface area contributed by atoms with Gasteiger partial charge in [0.05, 0.1) is 4.47 Å². The highest BCUT2D eigenvalue weighted by Crippen LogP contribution is 2.22. The summed E-state index contributed by atoms with van der Waals surface area (Å²) in [6, 6.07) is 1.77. The monoisotopic (exact) mass is 264 g/mol. The van der Waals surface area contributed by atoms with Crippen molar-refractivity contribution in [3.05, 3.63) is 21.4 Å². The summed E-state index contributed by atoms with van der Waals surface area (Å²) < 4.78 is 0.697. The lowest BCUT2D eigenvalue weighted by atomic mass is 10.3. The van der Waals surface area contributed by atoms with E-state index in [0.29, 0.717) is 15.3 Å². The molecule has 1 amide bonds. The number of aromatic nitrogens is 1. The number of nitrogens with one attached hydrogen (secondary N) is 2. The lowest BCUT2D eigenvalue weighted by molar-refractivity contribution is 0.0938. The van der Waals surface area contributed by atoms with Gasteiger partial charge in [-0.05, 0) is 35.8 Å². The molecule has 72 valence electrons. The second kappa shape index (κ2) is 4.15. The van der Waals surface area contributed by atoms with Crippen LogP contribution in [0.1, 0.15) is 24.3 Å². The third-order valence-corrected chi connectivity index (χ3v) is 2.54. The Morgan fingerprint density at radius 2 is 2.31 bits per heavy atom. The van der Waals surface area contributed by atoms with Crippen molar-refractivity contribution in [1.82, 2.24) is 10.3 Å². The first kappa shape index (κ1) is 10.6. The summed E-state index contributed by atoms with van der Waals surface area (Å²) in [6.07, 6.45) is 0. The minimum Gasteiger partial charge on any atom is -0.349 e. The summed E-state index contributed by atoms with van der Waals surface area (Å²) in [4.78, 5) is 14.2. The van der Waals surface area contributed by atoms with Crippen molar-refractivity contribution in [3.63, 3.8) is 0 Å².